The van der Waals surface area contributed by atoms with Crippen LogP contribution >= 0.6 is 0 Å². The van der Waals surface area contributed by atoms with E-state index in [1.165, 1.54) is 0 Å². The Morgan fingerprint density at radius 1 is 1.26 bits per heavy atom. The molecule has 0 saturated carbocycles. The van der Waals surface area contributed by atoms with Gasteiger partial charge in [-0.3, -0.25) is 4.90 Å². The molecule has 108 valence electrons. The van der Waals surface area contributed by atoms with Gasteiger partial charge < -0.3 is 15.4 Å². The van der Waals surface area contributed by atoms with Gasteiger partial charge in [0.05, 0.1) is 24.4 Å². The van der Waals surface area contributed by atoms with Gasteiger partial charge in [0.25, 0.3) is 0 Å². The summed E-state index contributed by atoms with van der Waals surface area (Å²) in [6, 6.07) is 0.192. The first-order valence-corrected chi connectivity index (χ1v) is 6.78. The Morgan fingerprint density at radius 2 is 1.89 bits per heavy atom. The highest BCUT2D eigenvalue weighted by molar-refractivity contribution is 5.34. The number of rotatable bonds is 4. The summed E-state index contributed by atoms with van der Waals surface area (Å²) in [6.07, 6.45) is 0. The molecule has 1 aromatic rings. The molecule has 6 heteroatoms. The van der Waals surface area contributed by atoms with Crippen molar-refractivity contribution in [2.45, 2.75) is 13.0 Å². The highest BCUT2D eigenvalue weighted by Gasteiger charge is 2.29. The molecule has 6 nitrogen and oxygen atoms in total. The van der Waals surface area contributed by atoms with Crippen LogP contribution < -0.4 is 10.5 Å². The summed E-state index contributed by atoms with van der Waals surface area (Å²) in [5.41, 5.74) is 8.17. The molecule has 0 aliphatic carbocycles. The molecule has 1 unspecified atom stereocenters. The van der Waals surface area contributed by atoms with E-state index in [9.17, 15) is 0 Å². The highest BCUT2D eigenvalue weighted by Crippen LogP contribution is 2.31. The summed E-state index contributed by atoms with van der Waals surface area (Å²) >= 11 is 0. The average Bonchev–Trinajstić information content (AvgIpc) is 2.67. The second kappa shape index (κ2) is 5.90. The van der Waals surface area contributed by atoms with E-state index in [0.717, 1.165) is 43.3 Å². The smallest absolute Gasteiger partial charge is 0.216 e. The predicted octanol–water partition coefficient (Wildman–Crippen LogP) is -0.0157. The fourth-order valence-corrected chi connectivity index (χ4v) is 2.86. The lowest BCUT2D eigenvalue weighted by atomic mass is 10.0. The van der Waals surface area contributed by atoms with Crippen LogP contribution in [0.25, 0.3) is 0 Å². The maximum atomic E-state index is 6.02. The molecular weight excluding hydrogens is 242 g/mol. The van der Waals surface area contributed by atoms with Gasteiger partial charge in [-0.1, -0.05) is 0 Å². The van der Waals surface area contributed by atoms with Crippen LogP contribution in [0, 0.1) is 6.92 Å². The molecular formula is C13H25N5O. The van der Waals surface area contributed by atoms with Crippen LogP contribution in [0.1, 0.15) is 17.3 Å². The highest BCUT2D eigenvalue weighted by atomic mass is 16.5. The van der Waals surface area contributed by atoms with Crippen LogP contribution in [-0.4, -0.2) is 66.5 Å². The summed E-state index contributed by atoms with van der Waals surface area (Å²) in [4.78, 5) is 4.78. The quantitative estimate of drug-likeness (QED) is 0.831. The fraction of sp³-hybridized carbons (Fsp3) is 0.769. The molecule has 0 spiro atoms. The molecule has 2 heterocycles. The first-order chi connectivity index (χ1) is 9.08. The SMILES string of the molecule is COc1c(C(CN)N2CCN(C)CC2)c(C)nn1C. The van der Waals surface area contributed by atoms with Crippen molar-refractivity contribution in [1.29, 1.82) is 0 Å². The van der Waals surface area contributed by atoms with Crippen molar-refractivity contribution in [3.8, 4) is 5.88 Å². The number of piperazine rings is 1. The Hall–Kier alpha value is -1.11. The first-order valence-electron chi connectivity index (χ1n) is 6.78. The van der Waals surface area contributed by atoms with E-state index < -0.39 is 0 Å². The Bertz CT molecular complexity index is 423. The molecule has 1 aliphatic rings. The molecule has 1 saturated heterocycles. The predicted molar refractivity (Wildman–Crippen MR) is 75.4 cm³/mol. The van der Waals surface area contributed by atoms with E-state index in [1.54, 1.807) is 11.8 Å². The second-order valence-corrected chi connectivity index (χ2v) is 5.22. The van der Waals surface area contributed by atoms with Crippen molar-refractivity contribution in [1.82, 2.24) is 19.6 Å². The topological polar surface area (TPSA) is 59.6 Å². The normalized spacial score (nSPS) is 19.6. The number of aromatic nitrogens is 2. The van der Waals surface area contributed by atoms with Gasteiger partial charge in [-0.25, -0.2) is 4.68 Å². The minimum atomic E-state index is 0.192. The average molecular weight is 267 g/mol. The number of hydrogen-bond acceptors (Lipinski definition) is 5. The third-order valence-corrected chi connectivity index (χ3v) is 3.94. The zero-order chi connectivity index (χ0) is 14.0. The van der Waals surface area contributed by atoms with Gasteiger partial charge in [0, 0.05) is 39.8 Å². The largest absolute Gasteiger partial charge is 0.481 e. The minimum Gasteiger partial charge on any atom is -0.481 e. The molecule has 0 aromatic carbocycles. The van der Waals surface area contributed by atoms with Crippen molar-refractivity contribution >= 4 is 0 Å². The number of likely N-dealkylation sites (N-methyl/N-ethyl adjacent to an activating group) is 1. The number of aryl methyl sites for hydroxylation is 2. The van der Waals surface area contributed by atoms with Crippen molar-refractivity contribution in [3.63, 3.8) is 0 Å². The van der Waals surface area contributed by atoms with E-state index in [-0.39, 0.29) is 6.04 Å². The maximum absolute atomic E-state index is 6.02. The van der Waals surface area contributed by atoms with Gasteiger partial charge >= 0.3 is 0 Å². The van der Waals surface area contributed by atoms with Crippen molar-refractivity contribution in [3.05, 3.63) is 11.3 Å². The lowest BCUT2D eigenvalue weighted by molar-refractivity contribution is 0.112. The molecule has 0 bridgehead atoms. The lowest BCUT2D eigenvalue weighted by Crippen LogP contribution is -2.47. The monoisotopic (exact) mass is 267 g/mol. The number of ether oxygens (including phenoxy) is 1. The summed E-state index contributed by atoms with van der Waals surface area (Å²) < 4.78 is 7.29. The Balaban J connectivity index is 2.26. The fourth-order valence-electron chi connectivity index (χ4n) is 2.86. The molecule has 19 heavy (non-hydrogen) atoms. The van der Waals surface area contributed by atoms with Crippen molar-refractivity contribution < 1.29 is 4.74 Å². The van der Waals surface area contributed by atoms with E-state index in [4.69, 9.17) is 10.5 Å². The van der Waals surface area contributed by atoms with Gasteiger partial charge in [-0.05, 0) is 14.0 Å². The van der Waals surface area contributed by atoms with Crippen LogP contribution in [-0.2, 0) is 7.05 Å². The number of nitrogens with zero attached hydrogens (tertiary/aromatic N) is 4. The number of nitrogens with two attached hydrogens (primary N) is 1. The Labute approximate surface area is 115 Å². The van der Waals surface area contributed by atoms with Crippen molar-refractivity contribution in [2.24, 2.45) is 12.8 Å². The zero-order valence-corrected chi connectivity index (χ0v) is 12.4. The van der Waals surface area contributed by atoms with Crippen LogP contribution in [0.2, 0.25) is 0 Å². The molecule has 1 aromatic heterocycles. The minimum absolute atomic E-state index is 0.192. The van der Waals surface area contributed by atoms with E-state index in [2.05, 4.69) is 21.9 Å². The second-order valence-electron chi connectivity index (χ2n) is 5.22. The summed E-state index contributed by atoms with van der Waals surface area (Å²) in [6.45, 7) is 6.85. The Morgan fingerprint density at radius 3 is 2.42 bits per heavy atom. The Kier molecular flexibility index (Phi) is 4.44. The summed E-state index contributed by atoms with van der Waals surface area (Å²) in [5.74, 6) is 0.826. The lowest BCUT2D eigenvalue weighted by Gasteiger charge is -2.37. The van der Waals surface area contributed by atoms with Gasteiger partial charge in [0.2, 0.25) is 5.88 Å². The molecule has 1 aliphatic heterocycles. The number of methoxy groups -OCH3 is 1. The van der Waals surface area contributed by atoms with Gasteiger partial charge in [-0.2, -0.15) is 5.10 Å². The third-order valence-electron chi connectivity index (χ3n) is 3.94. The molecule has 2 rings (SSSR count). The van der Waals surface area contributed by atoms with Crippen molar-refractivity contribution in [2.75, 3.05) is 46.9 Å². The maximum Gasteiger partial charge on any atom is 0.216 e. The summed E-state index contributed by atoms with van der Waals surface area (Å²) in [5, 5.41) is 4.46. The first kappa shape index (κ1) is 14.3. The standard InChI is InChI=1S/C13H25N5O/c1-10-12(13(19-4)17(3)15-10)11(9-14)18-7-5-16(2)6-8-18/h11H,5-9,14H2,1-4H3. The van der Waals surface area contributed by atoms with Gasteiger partial charge in [0.1, 0.15) is 0 Å². The molecule has 1 atom stereocenters. The van der Waals surface area contributed by atoms with E-state index in [1.807, 2.05) is 14.0 Å². The molecule has 2 N–H and O–H groups in total. The van der Waals surface area contributed by atoms with Gasteiger partial charge in [-0.15, -0.1) is 0 Å². The molecule has 0 radical (unpaired) electrons. The zero-order valence-electron chi connectivity index (χ0n) is 12.4. The summed E-state index contributed by atoms with van der Waals surface area (Å²) in [7, 11) is 5.76. The van der Waals surface area contributed by atoms with E-state index >= 15 is 0 Å². The molecule has 1 fully saturated rings. The van der Waals surface area contributed by atoms with Gasteiger partial charge in [0.15, 0.2) is 0 Å². The third kappa shape index (κ3) is 2.75. The number of hydrogen-bond donors (Lipinski definition) is 1. The van der Waals surface area contributed by atoms with Crippen LogP contribution in [0.5, 0.6) is 5.88 Å². The van der Waals surface area contributed by atoms with Crippen LogP contribution in [0.3, 0.4) is 0 Å². The molecule has 0 amide bonds. The van der Waals surface area contributed by atoms with E-state index in [0.29, 0.717) is 6.54 Å². The van der Waals surface area contributed by atoms with Crippen LogP contribution in [0.4, 0.5) is 0 Å². The van der Waals surface area contributed by atoms with Crippen LogP contribution in [0.15, 0.2) is 0 Å².